The number of carbonyl (C=O) groups is 3. The zero-order valence-electron chi connectivity index (χ0n) is 17.6. The third-order valence-corrected chi connectivity index (χ3v) is 5.68. The van der Waals surface area contributed by atoms with Gasteiger partial charge in [-0.05, 0) is 75.1 Å². The number of anilines is 1. The second kappa shape index (κ2) is 9.82. The number of urea groups is 1. The van der Waals surface area contributed by atoms with Gasteiger partial charge in [-0.15, -0.1) is 0 Å². The maximum absolute atomic E-state index is 12.6. The molecule has 2 aliphatic rings. The third kappa shape index (κ3) is 6.11. The van der Waals surface area contributed by atoms with Crippen molar-refractivity contribution in [2.24, 2.45) is 5.92 Å². The number of fused-ring (bicyclic) bond motifs is 1. The van der Waals surface area contributed by atoms with Gasteiger partial charge in [-0.2, -0.15) is 0 Å². The molecular formula is C22H31N3O5. The minimum Gasteiger partial charge on any atom is -0.481 e. The average Bonchev–Trinajstić information content (AvgIpc) is 2.68. The highest BCUT2D eigenvalue weighted by atomic mass is 16.6. The van der Waals surface area contributed by atoms with E-state index in [-0.39, 0.29) is 36.6 Å². The van der Waals surface area contributed by atoms with E-state index in [4.69, 9.17) is 9.84 Å². The normalized spacial score (nSPS) is 21.0. The van der Waals surface area contributed by atoms with E-state index < -0.39 is 5.97 Å². The van der Waals surface area contributed by atoms with Crippen LogP contribution in [0.15, 0.2) is 18.2 Å². The van der Waals surface area contributed by atoms with E-state index in [0.29, 0.717) is 19.5 Å². The first kappa shape index (κ1) is 21.9. The number of carbonyl (C=O) groups excluding carboxylic acids is 2. The Morgan fingerprint density at radius 2 is 1.90 bits per heavy atom. The predicted molar refractivity (Wildman–Crippen MR) is 112 cm³/mol. The summed E-state index contributed by atoms with van der Waals surface area (Å²) in [6.45, 7) is 4.87. The molecule has 0 saturated heterocycles. The second-order valence-corrected chi connectivity index (χ2v) is 8.53. The second-order valence-electron chi connectivity index (χ2n) is 8.53. The van der Waals surface area contributed by atoms with Gasteiger partial charge in [0, 0.05) is 31.2 Å². The zero-order valence-corrected chi connectivity index (χ0v) is 17.6. The molecular weight excluding hydrogens is 386 g/mol. The molecule has 1 aromatic rings. The Kier molecular flexibility index (Phi) is 7.18. The molecule has 30 heavy (non-hydrogen) atoms. The maximum Gasteiger partial charge on any atom is 0.410 e. The number of carboxylic acids is 1. The Bertz CT molecular complexity index is 787. The number of hydrogen-bond donors (Lipinski definition) is 3. The van der Waals surface area contributed by atoms with Gasteiger partial charge in [0.25, 0.3) is 0 Å². The molecule has 0 aromatic heterocycles. The van der Waals surface area contributed by atoms with Crippen LogP contribution in [0.25, 0.3) is 0 Å². The molecule has 1 aliphatic carbocycles. The Morgan fingerprint density at radius 1 is 1.17 bits per heavy atom. The lowest BCUT2D eigenvalue weighted by atomic mass is 9.85. The number of rotatable bonds is 5. The SMILES string of the molecule is CC(C)NC(=O)Nc1ccc2c(c1)CCN(C(=O)O[C@H]1CC[C@H](CC(=O)O)CC1)C2. The molecule has 1 heterocycles. The van der Waals surface area contributed by atoms with Crippen molar-refractivity contribution in [2.75, 3.05) is 11.9 Å². The first-order chi connectivity index (χ1) is 14.3. The highest BCUT2D eigenvalue weighted by molar-refractivity contribution is 5.89. The fourth-order valence-electron chi connectivity index (χ4n) is 4.13. The lowest BCUT2D eigenvalue weighted by Crippen LogP contribution is -2.39. The van der Waals surface area contributed by atoms with Gasteiger partial charge in [0.2, 0.25) is 0 Å². The lowest BCUT2D eigenvalue weighted by molar-refractivity contribution is -0.138. The summed E-state index contributed by atoms with van der Waals surface area (Å²) in [5.74, 6) is -0.578. The molecule has 1 fully saturated rings. The summed E-state index contributed by atoms with van der Waals surface area (Å²) in [5.41, 5.74) is 2.91. The predicted octanol–water partition coefficient (Wildman–Crippen LogP) is 3.74. The molecule has 1 aliphatic heterocycles. The van der Waals surface area contributed by atoms with Crippen molar-refractivity contribution in [3.8, 4) is 0 Å². The summed E-state index contributed by atoms with van der Waals surface area (Å²) >= 11 is 0. The largest absolute Gasteiger partial charge is 0.481 e. The van der Waals surface area contributed by atoms with Gasteiger partial charge in [-0.3, -0.25) is 4.79 Å². The van der Waals surface area contributed by atoms with Crippen molar-refractivity contribution < 1.29 is 24.2 Å². The van der Waals surface area contributed by atoms with Crippen molar-refractivity contribution in [2.45, 2.75) is 71.1 Å². The number of carboxylic acid groups (broad SMARTS) is 1. The lowest BCUT2D eigenvalue weighted by Gasteiger charge is -2.32. The zero-order chi connectivity index (χ0) is 21.7. The molecule has 1 aromatic carbocycles. The standard InChI is InChI=1S/C22H31N3O5/c1-14(2)23-21(28)24-18-6-5-17-13-25(10-9-16(17)12-18)22(29)30-19-7-3-15(4-8-19)11-20(26)27/h5-6,12,14-15,19H,3-4,7-11,13H2,1-2H3,(H,26,27)(H2,23,24,28)/t15-,19-. The van der Waals surface area contributed by atoms with E-state index in [9.17, 15) is 14.4 Å². The van der Waals surface area contributed by atoms with Crippen LogP contribution in [0.4, 0.5) is 15.3 Å². The Balaban J connectivity index is 1.49. The molecule has 164 valence electrons. The van der Waals surface area contributed by atoms with E-state index in [1.807, 2.05) is 32.0 Å². The number of benzene rings is 1. The molecule has 0 unspecified atom stereocenters. The van der Waals surface area contributed by atoms with Crippen molar-refractivity contribution in [1.29, 1.82) is 0 Å². The van der Waals surface area contributed by atoms with Crippen LogP contribution in [0.3, 0.4) is 0 Å². The van der Waals surface area contributed by atoms with E-state index in [0.717, 1.165) is 42.5 Å². The monoisotopic (exact) mass is 417 g/mol. The van der Waals surface area contributed by atoms with Crippen molar-refractivity contribution in [3.05, 3.63) is 29.3 Å². The molecule has 8 heteroatoms. The topological polar surface area (TPSA) is 108 Å². The van der Waals surface area contributed by atoms with Gasteiger partial charge >= 0.3 is 18.1 Å². The highest BCUT2D eigenvalue weighted by Gasteiger charge is 2.28. The maximum atomic E-state index is 12.6. The van der Waals surface area contributed by atoms with E-state index in [2.05, 4.69) is 10.6 Å². The fourth-order valence-corrected chi connectivity index (χ4v) is 4.13. The first-order valence-corrected chi connectivity index (χ1v) is 10.7. The van der Waals surface area contributed by atoms with Crippen molar-refractivity contribution >= 4 is 23.8 Å². The third-order valence-electron chi connectivity index (χ3n) is 5.68. The van der Waals surface area contributed by atoms with Crippen LogP contribution in [0, 0.1) is 5.92 Å². The van der Waals surface area contributed by atoms with Crippen LogP contribution in [0.1, 0.15) is 57.1 Å². The summed E-state index contributed by atoms with van der Waals surface area (Å²) in [4.78, 5) is 37.0. The van der Waals surface area contributed by atoms with Crippen LogP contribution >= 0.6 is 0 Å². The number of ether oxygens (including phenoxy) is 1. The van der Waals surface area contributed by atoms with Crippen LogP contribution in [-0.4, -0.2) is 46.8 Å². The molecule has 3 rings (SSSR count). The molecule has 1 saturated carbocycles. The van der Waals surface area contributed by atoms with E-state index >= 15 is 0 Å². The van der Waals surface area contributed by atoms with Gasteiger partial charge in [-0.1, -0.05) is 6.07 Å². The summed E-state index contributed by atoms with van der Waals surface area (Å²) in [6.07, 6.45) is 3.48. The van der Waals surface area contributed by atoms with Crippen LogP contribution in [0.2, 0.25) is 0 Å². The summed E-state index contributed by atoms with van der Waals surface area (Å²) in [7, 11) is 0. The van der Waals surface area contributed by atoms with Crippen LogP contribution < -0.4 is 10.6 Å². The number of nitrogens with zero attached hydrogens (tertiary/aromatic N) is 1. The van der Waals surface area contributed by atoms with Gasteiger partial charge in [-0.25, -0.2) is 9.59 Å². The smallest absolute Gasteiger partial charge is 0.410 e. The molecule has 0 spiro atoms. The van der Waals surface area contributed by atoms with Gasteiger partial charge in [0.05, 0.1) is 0 Å². The molecule has 3 N–H and O–H groups in total. The van der Waals surface area contributed by atoms with E-state index in [1.54, 1.807) is 4.90 Å². The summed E-state index contributed by atoms with van der Waals surface area (Å²) in [5, 5.41) is 14.5. The van der Waals surface area contributed by atoms with Gasteiger partial charge in [0.15, 0.2) is 0 Å². The molecule has 0 radical (unpaired) electrons. The number of amides is 3. The molecule has 0 bridgehead atoms. The van der Waals surface area contributed by atoms with Gasteiger partial charge in [0.1, 0.15) is 6.10 Å². The van der Waals surface area contributed by atoms with Crippen molar-refractivity contribution in [3.63, 3.8) is 0 Å². The molecule has 0 atom stereocenters. The molecule has 8 nitrogen and oxygen atoms in total. The summed E-state index contributed by atoms with van der Waals surface area (Å²) < 4.78 is 5.69. The average molecular weight is 418 g/mol. The Morgan fingerprint density at radius 3 is 2.57 bits per heavy atom. The minimum absolute atomic E-state index is 0.0643. The Labute approximate surface area is 177 Å². The number of aliphatic carboxylic acids is 1. The number of nitrogens with one attached hydrogen (secondary N) is 2. The Hall–Kier alpha value is -2.77. The fraction of sp³-hybridized carbons (Fsp3) is 0.591. The van der Waals surface area contributed by atoms with Gasteiger partial charge < -0.3 is 25.4 Å². The van der Waals surface area contributed by atoms with Crippen LogP contribution in [0.5, 0.6) is 0 Å². The highest BCUT2D eigenvalue weighted by Crippen LogP contribution is 2.29. The van der Waals surface area contributed by atoms with E-state index in [1.165, 1.54) is 0 Å². The summed E-state index contributed by atoms with van der Waals surface area (Å²) in [6, 6.07) is 5.58. The van der Waals surface area contributed by atoms with Crippen molar-refractivity contribution in [1.82, 2.24) is 10.2 Å². The minimum atomic E-state index is -0.763. The quantitative estimate of drug-likeness (QED) is 0.676. The number of hydrogen-bond acceptors (Lipinski definition) is 4. The molecule has 3 amide bonds. The van der Waals surface area contributed by atoms with Crippen LogP contribution in [-0.2, 0) is 22.5 Å². The first-order valence-electron chi connectivity index (χ1n) is 10.7.